The first-order valence-corrected chi connectivity index (χ1v) is 4.12. The molecule has 0 aromatic heterocycles. The minimum absolute atomic E-state index is 0.260. The van der Waals surface area contributed by atoms with E-state index in [1.54, 1.807) is 6.08 Å². The second-order valence-corrected chi connectivity index (χ2v) is 2.62. The average Bonchev–Trinajstić information content (AvgIpc) is 2.09. The lowest BCUT2D eigenvalue weighted by Gasteiger charge is -2.03. The van der Waals surface area contributed by atoms with Crippen molar-refractivity contribution in [1.82, 2.24) is 0 Å². The molecule has 1 nitrogen and oxygen atoms in total. The van der Waals surface area contributed by atoms with E-state index in [1.165, 1.54) is 17.7 Å². The predicted molar refractivity (Wildman–Crippen MR) is 49.8 cm³/mol. The summed E-state index contributed by atoms with van der Waals surface area (Å²) in [5, 5.41) is 2.73. The maximum absolute atomic E-state index is 12.9. The molecule has 0 aliphatic heterocycles. The van der Waals surface area contributed by atoms with Crippen LogP contribution in [0.5, 0.6) is 0 Å². The smallest absolute Gasteiger partial charge is 0.149 e. The Hall–Kier alpha value is -1.09. The number of halogens is 3. The fraction of sp³-hybridized carbons (Fsp3) is 0.111. The second-order valence-electron chi connectivity index (χ2n) is 2.37. The molecule has 0 unspecified atom stereocenters. The largest absolute Gasteiger partial charge is 0.379 e. The molecule has 0 aliphatic rings. The van der Waals surface area contributed by atoms with Crippen LogP contribution in [0.4, 0.5) is 14.5 Å². The summed E-state index contributed by atoms with van der Waals surface area (Å²) in [7, 11) is 0. The molecular formula is C9H8ClF2N. The molecule has 1 aromatic carbocycles. The molecule has 0 saturated carbocycles. The van der Waals surface area contributed by atoms with Crippen molar-refractivity contribution >= 4 is 17.3 Å². The Morgan fingerprint density at radius 3 is 2.77 bits per heavy atom. The molecule has 0 amide bonds. The molecule has 0 saturated heterocycles. The van der Waals surface area contributed by atoms with E-state index in [1.807, 2.05) is 0 Å². The lowest BCUT2D eigenvalue weighted by Crippen LogP contribution is -2.00. The summed E-state index contributed by atoms with van der Waals surface area (Å²) in [5.74, 6) is -1.20. The van der Waals surface area contributed by atoms with Crippen molar-refractivity contribution in [2.45, 2.75) is 0 Å². The zero-order valence-corrected chi connectivity index (χ0v) is 7.48. The van der Waals surface area contributed by atoms with Gasteiger partial charge in [0.15, 0.2) is 0 Å². The van der Waals surface area contributed by atoms with Crippen molar-refractivity contribution in [3.05, 3.63) is 41.4 Å². The van der Waals surface area contributed by atoms with Crippen molar-refractivity contribution in [3.63, 3.8) is 0 Å². The minimum atomic E-state index is -0.608. The highest BCUT2D eigenvalue weighted by Crippen LogP contribution is 2.14. The average molecular weight is 204 g/mol. The maximum atomic E-state index is 12.9. The summed E-state index contributed by atoms with van der Waals surface area (Å²) in [6, 6.07) is 3.36. The fourth-order valence-electron chi connectivity index (χ4n) is 0.846. The first-order chi connectivity index (χ1) is 6.24. The molecule has 0 fully saturated rings. The molecule has 0 bridgehead atoms. The normalized spacial score (nSPS) is 10.7. The van der Waals surface area contributed by atoms with Crippen LogP contribution >= 0.6 is 11.6 Å². The molecule has 1 N–H and O–H groups in total. The Bertz CT molecular complexity index is 312. The summed E-state index contributed by atoms with van der Waals surface area (Å²) in [6.45, 7) is 0.409. The SMILES string of the molecule is Fc1ccc(NC/C=C/Cl)c(F)c1. The van der Waals surface area contributed by atoms with E-state index < -0.39 is 11.6 Å². The lowest BCUT2D eigenvalue weighted by atomic mass is 10.3. The van der Waals surface area contributed by atoms with Crippen LogP contribution in [-0.2, 0) is 0 Å². The summed E-state index contributed by atoms with van der Waals surface area (Å²) in [6.07, 6.45) is 1.62. The van der Waals surface area contributed by atoms with Crippen LogP contribution in [-0.4, -0.2) is 6.54 Å². The topological polar surface area (TPSA) is 12.0 Å². The van der Waals surface area contributed by atoms with Gasteiger partial charge in [-0.3, -0.25) is 0 Å². The van der Waals surface area contributed by atoms with E-state index in [9.17, 15) is 8.78 Å². The highest BCUT2D eigenvalue weighted by Gasteiger charge is 2.00. The third kappa shape index (κ3) is 3.03. The second kappa shape index (κ2) is 4.82. The van der Waals surface area contributed by atoms with Gasteiger partial charge in [0.1, 0.15) is 11.6 Å². The Morgan fingerprint density at radius 1 is 1.38 bits per heavy atom. The van der Waals surface area contributed by atoms with Gasteiger partial charge in [-0.05, 0) is 12.1 Å². The van der Waals surface area contributed by atoms with Crippen LogP contribution < -0.4 is 5.32 Å². The van der Waals surface area contributed by atoms with Gasteiger partial charge in [-0.2, -0.15) is 0 Å². The molecule has 0 atom stereocenters. The number of rotatable bonds is 3. The van der Waals surface area contributed by atoms with Gasteiger partial charge < -0.3 is 5.32 Å². The van der Waals surface area contributed by atoms with E-state index in [2.05, 4.69) is 5.32 Å². The van der Waals surface area contributed by atoms with Crippen LogP contribution in [0.1, 0.15) is 0 Å². The van der Waals surface area contributed by atoms with Crippen LogP contribution in [0.2, 0.25) is 0 Å². The predicted octanol–water partition coefficient (Wildman–Crippen LogP) is 3.13. The quantitative estimate of drug-likeness (QED) is 0.796. The van der Waals surface area contributed by atoms with Crippen LogP contribution in [0.25, 0.3) is 0 Å². The number of nitrogens with one attached hydrogen (secondary N) is 1. The summed E-state index contributed by atoms with van der Waals surface area (Å²) in [4.78, 5) is 0. The molecule has 70 valence electrons. The summed E-state index contributed by atoms with van der Waals surface area (Å²) in [5.41, 5.74) is 1.59. The third-order valence-corrected chi connectivity index (χ3v) is 1.61. The van der Waals surface area contributed by atoms with Crippen molar-refractivity contribution < 1.29 is 8.78 Å². The first kappa shape index (κ1) is 9.99. The van der Waals surface area contributed by atoms with Gasteiger partial charge >= 0.3 is 0 Å². The zero-order chi connectivity index (χ0) is 9.68. The molecule has 0 spiro atoms. The Morgan fingerprint density at radius 2 is 2.15 bits per heavy atom. The van der Waals surface area contributed by atoms with Gasteiger partial charge in [-0.25, -0.2) is 8.78 Å². The van der Waals surface area contributed by atoms with Gasteiger partial charge in [0, 0.05) is 18.1 Å². The van der Waals surface area contributed by atoms with Crippen LogP contribution in [0, 0.1) is 11.6 Å². The number of hydrogen-bond acceptors (Lipinski definition) is 1. The first-order valence-electron chi connectivity index (χ1n) is 3.68. The van der Waals surface area contributed by atoms with Gasteiger partial charge in [0.25, 0.3) is 0 Å². The number of anilines is 1. The van der Waals surface area contributed by atoms with Crippen molar-refractivity contribution in [3.8, 4) is 0 Å². The van der Waals surface area contributed by atoms with Crippen molar-refractivity contribution in [2.75, 3.05) is 11.9 Å². The third-order valence-electron chi connectivity index (χ3n) is 1.43. The molecule has 0 radical (unpaired) electrons. The van der Waals surface area contributed by atoms with Crippen LogP contribution in [0.3, 0.4) is 0 Å². The molecule has 0 heterocycles. The highest BCUT2D eigenvalue weighted by atomic mass is 35.5. The van der Waals surface area contributed by atoms with Gasteiger partial charge in [0.05, 0.1) is 5.69 Å². The van der Waals surface area contributed by atoms with E-state index in [4.69, 9.17) is 11.6 Å². The minimum Gasteiger partial charge on any atom is -0.379 e. The molecule has 1 rings (SSSR count). The summed E-state index contributed by atoms with van der Waals surface area (Å²) >= 11 is 5.26. The molecule has 13 heavy (non-hydrogen) atoms. The molecule has 0 aliphatic carbocycles. The zero-order valence-electron chi connectivity index (χ0n) is 6.73. The maximum Gasteiger partial charge on any atom is 0.149 e. The Labute approximate surface area is 80.0 Å². The standard InChI is InChI=1S/C9H8ClF2N/c10-4-1-5-13-9-3-2-7(11)6-8(9)12/h1-4,6,13H,5H2/b4-1+. The number of benzene rings is 1. The van der Waals surface area contributed by atoms with E-state index >= 15 is 0 Å². The summed E-state index contributed by atoms with van der Waals surface area (Å²) < 4.78 is 25.4. The monoisotopic (exact) mass is 203 g/mol. The van der Waals surface area contributed by atoms with Gasteiger partial charge in [-0.15, -0.1) is 0 Å². The lowest BCUT2D eigenvalue weighted by molar-refractivity contribution is 0.585. The molecular weight excluding hydrogens is 196 g/mol. The fourth-order valence-corrected chi connectivity index (χ4v) is 0.935. The Kier molecular flexibility index (Phi) is 3.71. The van der Waals surface area contributed by atoms with E-state index in [0.29, 0.717) is 6.54 Å². The Balaban J connectivity index is 2.66. The van der Waals surface area contributed by atoms with Crippen molar-refractivity contribution in [2.24, 2.45) is 0 Å². The van der Waals surface area contributed by atoms with E-state index in [-0.39, 0.29) is 5.69 Å². The van der Waals surface area contributed by atoms with Gasteiger partial charge in [-0.1, -0.05) is 17.7 Å². The van der Waals surface area contributed by atoms with Crippen molar-refractivity contribution in [1.29, 1.82) is 0 Å². The highest BCUT2D eigenvalue weighted by molar-refractivity contribution is 6.25. The number of hydrogen-bond donors (Lipinski definition) is 1. The van der Waals surface area contributed by atoms with Crippen LogP contribution in [0.15, 0.2) is 29.8 Å². The van der Waals surface area contributed by atoms with Gasteiger partial charge in [0.2, 0.25) is 0 Å². The molecule has 1 aromatic rings. The van der Waals surface area contributed by atoms with E-state index in [0.717, 1.165) is 6.07 Å². The molecule has 4 heteroatoms.